The molecule has 46 heavy (non-hydrogen) atoms. The molecule has 0 saturated carbocycles. The highest BCUT2D eigenvalue weighted by Crippen LogP contribution is 2.47. The standard InChI is InChI=1S/C33H29ClN2O9S/c1-16(37)41-15-26-29(42-17(2)38)30(43-18(3)39)31(44-19(4)40)32(45-26)36-28-23-8-6-5-7-21(23)13-24(28)27(25(14-35)33(36)46)20-9-11-22(34)12-10-20/h5-12,26,29-32H,13,15H2,1-4H3/t26-,29-,30-,31-,32-/m1/s1. The van der Waals surface area contributed by atoms with Gasteiger partial charge >= 0.3 is 23.9 Å². The first-order chi connectivity index (χ1) is 21.9. The molecule has 13 heteroatoms. The van der Waals surface area contributed by atoms with Gasteiger partial charge in [0.15, 0.2) is 24.5 Å². The van der Waals surface area contributed by atoms with Gasteiger partial charge in [0.25, 0.3) is 0 Å². The molecule has 0 spiro atoms. The van der Waals surface area contributed by atoms with Gasteiger partial charge in [0, 0.05) is 50.3 Å². The van der Waals surface area contributed by atoms with E-state index >= 15 is 0 Å². The van der Waals surface area contributed by atoms with Crippen molar-refractivity contribution < 1.29 is 42.9 Å². The van der Waals surface area contributed by atoms with Crippen LogP contribution in [0.25, 0.3) is 22.4 Å². The second kappa shape index (κ2) is 13.4. The summed E-state index contributed by atoms with van der Waals surface area (Å²) in [4.78, 5) is 49.1. The number of carbonyl (C=O) groups is 4. The van der Waals surface area contributed by atoms with Gasteiger partial charge in [0.2, 0.25) is 0 Å². The number of esters is 4. The molecule has 0 N–H and O–H groups in total. The third-order valence-electron chi connectivity index (χ3n) is 7.62. The molecule has 0 radical (unpaired) electrons. The van der Waals surface area contributed by atoms with Crippen LogP contribution in [0, 0.1) is 16.0 Å². The van der Waals surface area contributed by atoms with Gasteiger partial charge in [-0.1, -0.05) is 60.2 Å². The lowest BCUT2D eigenvalue weighted by Crippen LogP contribution is -2.60. The number of rotatable bonds is 7. The third kappa shape index (κ3) is 6.39. The average molecular weight is 665 g/mol. The Morgan fingerprint density at radius 3 is 2.13 bits per heavy atom. The number of ether oxygens (including phenoxy) is 5. The van der Waals surface area contributed by atoms with Crippen LogP contribution in [0.5, 0.6) is 0 Å². The Hall–Kier alpha value is -4.57. The topological polar surface area (TPSA) is 143 Å². The smallest absolute Gasteiger partial charge is 0.303 e. The van der Waals surface area contributed by atoms with Crippen LogP contribution in [0.2, 0.25) is 5.02 Å². The molecule has 2 aromatic carbocycles. The molecule has 1 aliphatic carbocycles. The highest BCUT2D eigenvalue weighted by molar-refractivity contribution is 7.71. The lowest BCUT2D eigenvalue weighted by atomic mass is 9.93. The lowest BCUT2D eigenvalue weighted by molar-refractivity contribution is -0.268. The molecule has 1 aliphatic heterocycles. The normalized spacial score (nSPS) is 21.3. The summed E-state index contributed by atoms with van der Waals surface area (Å²) >= 11 is 12.2. The van der Waals surface area contributed by atoms with Gasteiger partial charge in [0.1, 0.15) is 23.4 Å². The van der Waals surface area contributed by atoms with Crippen LogP contribution >= 0.6 is 23.8 Å². The maximum Gasteiger partial charge on any atom is 0.303 e. The van der Waals surface area contributed by atoms with E-state index in [1.807, 2.05) is 24.3 Å². The van der Waals surface area contributed by atoms with Crippen molar-refractivity contribution in [1.29, 1.82) is 5.26 Å². The molecule has 238 valence electrons. The molecular weight excluding hydrogens is 636 g/mol. The number of pyridine rings is 1. The van der Waals surface area contributed by atoms with Crippen molar-refractivity contribution in [3.63, 3.8) is 0 Å². The van der Waals surface area contributed by atoms with E-state index in [2.05, 4.69) is 6.07 Å². The monoisotopic (exact) mass is 664 g/mol. The van der Waals surface area contributed by atoms with Crippen LogP contribution in [0.3, 0.4) is 0 Å². The Bertz CT molecular complexity index is 1830. The average Bonchev–Trinajstić information content (AvgIpc) is 3.37. The van der Waals surface area contributed by atoms with Crippen molar-refractivity contribution >= 4 is 47.7 Å². The van der Waals surface area contributed by atoms with Crippen molar-refractivity contribution in [2.45, 2.75) is 64.8 Å². The fraction of sp³-hybridized carbons (Fsp3) is 0.333. The van der Waals surface area contributed by atoms with Crippen LogP contribution in [-0.4, -0.2) is 59.5 Å². The predicted octanol–water partition coefficient (Wildman–Crippen LogP) is 5.24. The van der Waals surface area contributed by atoms with E-state index in [4.69, 9.17) is 47.5 Å². The number of nitriles is 1. The molecule has 0 bridgehead atoms. The summed E-state index contributed by atoms with van der Waals surface area (Å²) in [6.45, 7) is 4.25. The molecule has 1 aromatic heterocycles. The molecule has 11 nitrogen and oxygen atoms in total. The highest BCUT2D eigenvalue weighted by atomic mass is 35.5. The quantitative estimate of drug-likeness (QED) is 0.145. The van der Waals surface area contributed by atoms with E-state index in [-0.39, 0.29) is 10.2 Å². The van der Waals surface area contributed by atoms with Gasteiger partial charge in [0.05, 0.1) is 11.3 Å². The van der Waals surface area contributed by atoms with Crippen LogP contribution in [0.1, 0.15) is 50.6 Å². The van der Waals surface area contributed by atoms with Crippen molar-refractivity contribution in [3.05, 3.63) is 74.9 Å². The van der Waals surface area contributed by atoms with E-state index in [1.54, 1.807) is 28.8 Å². The van der Waals surface area contributed by atoms with Crippen LogP contribution in [-0.2, 0) is 49.3 Å². The summed E-state index contributed by atoms with van der Waals surface area (Å²) in [5.74, 6) is -2.90. The molecule has 1 fully saturated rings. The molecule has 0 amide bonds. The largest absolute Gasteiger partial charge is 0.463 e. The van der Waals surface area contributed by atoms with E-state index < -0.39 is 61.1 Å². The fourth-order valence-electron chi connectivity index (χ4n) is 6.00. The molecule has 3 aromatic rings. The zero-order valence-corrected chi connectivity index (χ0v) is 26.8. The molecule has 1 saturated heterocycles. The number of carbonyl (C=O) groups excluding carboxylic acids is 4. The SMILES string of the molecule is CC(=O)OC[C@H]1O[C@@H](n2c3c(c(-c4ccc(Cl)cc4)c(C#N)c2=S)Cc2ccccc2-3)[C@H](OC(C)=O)[C@H](OC(C)=O)[C@@H]1OC(C)=O. The first-order valence-corrected chi connectivity index (χ1v) is 15.1. The zero-order chi connectivity index (χ0) is 33.3. The van der Waals surface area contributed by atoms with Gasteiger partial charge in [-0.05, 0) is 28.8 Å². The van der Waals surface area contributed by atoms with Crippen LogP contribution in [0.15, 0.2) is 48.5 Å². The van der Waals surface area contributed by atoms with Crippen molar-refractivity contribution in [2.24, 2.45) is 0 Å². The second-order valence-electron chi connectivity index (χ2n) is 10.8. The predicted molar refractivity (Wildman–Crippen MR) is 166 cm³/mol. The minimum Gasteiger partial charge on any atom is -0.463 e. The Kier molecular flexibility index (Phi) is 9.58. The zero-order valence-electron chi connectivity index (χ0n) is 25.3. The summed E-state index contributed by atoms with van der Waals surface area (Å²) in [5.41, 5.74) is 4.54. The van der Waals surface area contributed by atoms with E-state index in [0.29, 0.717) is 28.3 Å². The van der Waals surface area contributed by atoms with Gasteiger partial charge in [-0.3, -0.25) is 19.2 Å². The maximum atomic E-state index is 12.6. The summed E-state index contributed by atoms with van der Waals surface area (Å²) in [6.07, 6.45) is -6.29. The van der Waals surface area contributed by atoms with E-state index in [0.717, 1.165) is 37.5 Å². The van der Waals surface area contributed by atoms with Gasteiger partial charge in [-0.2, -0.15) is 5.26 Å². The minimum absolute atomic E-state index is 0.0452. The molecule has 5 rings (SSSR count). The summed E-state index contributed by atoms with van der Waals surface area (Å²) in [6, 6.07) is 16.9. The van der Waals surface area contributed by atoms with Crippen LogP contribution in [0.4, 0.5) is 0 Å². The second-order valence-corrected chi connectivity index (χ2v) is 11.6. The van der Waals surface area contributed by atoms with E-state index in [9.17, 15) is 24.4 Å². The molecular formula is C33H29ClN2O9S. The molecule has 5 atom stereocenters. The molecule has 0 unspecified atom stereocenters. The molecule has 2 aliphatic rings. The lowest BCUT2D eigenvalue weighted by Gasteiger charge is -2.45. The third-order valence-corrected chi connectivity index (χ3v) is 8.27. The Balaban J connectivity index is 1.82. The number of benzene rings is 2. The summed E-state index contributed by atoms with van der Waals surface area (Å²) in [7, 11) is 0. The summed E-state index contributed by atoms with van der Waals surface area (Å²) in [5, 5.41) is 11.1. The Morgan fingerprint density at radius 1 is 0.913 bits per heavy atom. The van der Waals surface area contributed by atoms with Crippen molar-refractivity contribution in [1.82, 2.24) is 4.57 Å². The maximum absolute atomic E-state index is 12.6. The van der Waals surface area contributed by atoms with Crippen molar-refractivity contribution in [2.75, 3.05) is 6.61 Å². The number of nitrogens with zero attached hydrogens (tertiary/aromatic N) is 2. The van der Waals surface area contributed by atoms with Crippen molar-refractivity contribution in [3.8, 4) is 28.5 Å². The number of fused-ring (bicyclic) bond motifs is 3. The summed E-state index contributed by atoms with van der Waals surface area (Å²) < 4.78 is 30.3. The van der Waals surface area contributed by atoms with Crippen LogP contribution < -0.4 is 0 Å². The van der Waals surface area contributed by atoms with E-state index in [1.165, 1.54) is 6.92 Å². The number of halogens is 1. The van der Waals surface area contributed by atoms with Gasteiger partial charge < -0.3 is 28.3 Å². The minimum atomic E-state index is -1.42. The molecule has 2 heterocycles. The number of hydrogen-bond donors (Lipinski definition) is 0. The first-order valence-electron chi connectivity index (χ1n) is 14.3. The van der Waals surface area contributed by atoms with Gasteiger partial charge in [-0.25, -0.2) is 0 Å². The number of hydrogen-bond acceptors (Lipinski definition) is 11. The first kappa shape index (κ1) is 32.8. The number of aromatic nitrogens is 1. The van der Waals surface area contributed by atoms with Gasteiger partial charge in [-0.15, -0.1) is 0 Å². The highest BCUT2D eigenvalue weighted by Gasteiger charge is 2.53. The Labute approximate surface area is 274 Å². The fourth-order valence-corrected chi connectivity index (χ4v) is 6.47. The Morgan fingerprint density at radius 2 is 1.52 bits per heavy atom.